The van der Waals surface area contributed by atoms with Crippen molar-refractivity contribution in [2.45, 2.75) is 37.9 Å². The number of hydrogen-bond acceptors (Lipinski definition) is 7. The van der Waals surface area contributed by atoms with E-state index in [0.29, 0.717) is 11.1 Å². The first kappa shape index (κ1) is 20.3. The lowest BCUT2D eigenvalue weighted by Gasteiger charge is -2.48. The molecule has 0 saturated heterocycles. The molecule has 8 nitrogen and oxygen atoms in total. The highest BCUT2D eigenvalue weighted by Crippen LogP contribution is 2.52. The summed E-state index contributed by atoms with van der Waals surface area (Å²) >= 11 is 0. The summed E-state index contributed by atoms with van der Waals surface area (Å²) in [7, 11) is 0. The first-order valence-corrected chi connectivity index (χ1v) is 9.73. The molecule has 4 rings (SSSR count). The average Bonchev–Trinajstić information content (AvgIpc) is 2.64. The Morgan fingerprint density at radius 1 is 1.23 bits per heavy atom. The van der Waals surface area contributed by atoms with Gasteiger partial charge in [0.15, 0.2) is 11.4 Å². The predicted octanol–water partition coefficient (Wildman–Crippen LogP) is 0.622. The zero-order valence-corrected chi connectivity index (χ0v) is 16.4. The minimum absolute atomic E-state index is 0.0758. The fourth-order valence-corrected chi connectivity index (χ4v) is 5.32. The number of phenols is 1. The van der Waals surface area contributed by atoms with Crippen molar-refractivity contribution in [3.05, 3.63) is 41.0 Å². The van der Waals surface area contributed by atoms with E-state index in [-0.39, 0.29) is 36.1 Å². The quantitative estimate of drug-likeness (QED) is 0.445. The molecule has 0 aromatic heterocycles. The van der Waals surface area contributed by atoms with Gasteiger partial charge in [-0.05, 0) is 49.3 Å². The number of primary amides is 1. The molecule has 2 unspecified atom stereocenters. The Kier molecular flexibility index (Phi) is 4.41. The molecule has 158 valence electrons. The van der Waals surface area contributed by atoms with Crippen molar-refractivity contribution in [2.75, 3.05) is 0 Å². The van der Waals surface area contributed by atoms with Gasteiger partial charge in [-0.15, -0.1) is 0 Å². The van der Waals surface area contributed by atoms with Gasteiger partial charge in [0, 0.05) is 11.5 Å². The molecule has 30 heavy (non-hydrogen) atoms. The molecule has 1 aromatic carbocycles. The Labute approximate surface area is 172 Å². The molecule has 0 radical (unpaired) electrons. The number of nitrogens with two attached hydrogens (primary N) is 1. The first-order chi connectivity index (χ1) is 14.0. The topological polar surface area (TPSA) is 158 Å². The number of carbonyl (C=O) groups is 3. The first-order valence-electron chi connectivity index (χ1n) is 9.73. The molecule has 3 aliphatic rings. The number of Topliss-reactive ketones (excluding diaryl/α,β-unsaturated/α-hetero) is 2. The summed E-state index contributed by atoms with van der Waals surface area (Å²) < 4.78 is 0. The summed E-state index contributed by atoms with van der Waals surface area (Å²) in [5, 5.41) is 42.7. The summed E-state index contributed by atoms with van der Waals surface area (Å²) in [6.45, 7) is 5.71. The second kappa shape index (κ2) is 6.52. The Morgan fingerprint density at radius 3 is 2.50 bits per heavy atom. The normalized spacial score (nSPS) is 32.9. The minimum atomic E-state index is -2.56. The fourth-order valence-electron chi connectivity index (χ4n) is 5.32. The number of amides is 1. The fraction of sp³-hybridized carbons (Fsp3) is 0.409. The molecule has 1 amide bonds. The Bertz CT molecular complexity index is 1060. The maximum Gasteiger partial charge on any atom is 0.230 e. The van der Waals surface area contributed by atoms with Crippen LogP contribution in [0.2, 0.25) is 0 Å². The highest BCUT2D eigenvalue weighted by molar-refractivity contribution is 6.24. The lowest BCUT2D eigenvalue weighted by molar-refractivity contribution is -0.174. The van der Waals surface area contributed by atoms with E-state index in [1.807, 2.05) is 0 Å². The number of aromatic hydroxyl groups is 1. The Hall–Kier alpha value is -2.97. The van der Waals surface area contributed by atoms with Crippen LogP contribution in [0.3, 0.4) is 0 Å². The minimum Gasteiger partial charge on any atom is -0.507 e. The predicted molar refractivity (Wildman–Crippen MR) is 106 cm³/mol. The number of aliphatic hydroxyl groups is 3. The largest absolute Gasteiger partial charge is 0.507 e. The van der Waals surface area contributed by atoms with Crippen molar-refractivity contribution in [1.82, 2.24) is 0 Å². The highest BCUT2D eigenvalue weighted by Gasteiger charge is 2.63. The van der Waals surface area contributed by atoms with Gasteiger partial charge in [0.05, 0.1) is 11.7 Å². The third-order valence-corrected chi connectivity index (χ3v) is 6.73. The molecule has 0 heterocycles. The van der Waals surface area contributed by atoms with Crippen LogP contribution in [0.1, 0.15) is 36.5 Å². The molecular formula is C22H23NO7. The number of ketones is 2. The van der Waals surface area contributed by atoms with Crippen molar-refractivity contribution >= 4 is 28.8 Å². The van der Waals surface area contributed by atoms with E-state index in [1.54, 1.807) is 13.0 Å². The molecule has 5 atom stereocenters. The van der Waals surface area contributed by atoms with Crippen LogP contribution in [0.4, 0.5) is 0 Å². The summed E-state index contributed by atoms with van der Waals surface area (Å²) in [6, 6.07) is 3.07. The van der Waals surface area contributed by atoms with Gasteiger partial charge in [-0.2, -0.15) is 0 Å². The molecule has 6 N–H and O–H groups in total. The van der Waals surface area contributed by atoms with E-state index in [1.165, 1.54) is 6.07 Å². The van der Waals surface area contributed by atoms with E-state index >= 15 is 0 Å². The summed E-state index contributed by atoms with van der Waals surface area (Å²) in [6.07, 6.45) is -1.11. The van der Waals surface area contributed by atoms with Gasteiger partial charge in [-0.25, -0.2) is 0 Å². The third-order valence-electron chi connectivity index (χ3n) is 6.73. The van der Waals surface area contributed by atoms with Crippen LogP contribution >= 0.6 is 0 Å². The summed E-state index contributed by atoms with van der Waals surface area (Å²) in [4.78, 5) is 37.9. The van der Waals surface area contributed by atoms with Gasteiger partial charge in [0.2, 0.25) is 11.7 Å². The maximum atomic E-state index is 13.3. The van der Waals surface area contributed by atoms with Gasteiger partial charge in [0.1, 0.15) is 17.4 Å². The van der Waals surface area contributed by atoms with Gasteiger partial charge in [0.25, 0.3) is 0 Å². The number of carbonyl (C=O) groups excluding carboxylic acids is 3. The van der Waals surface area contributed by atoms with Crippen LogP contribution in [-0.4, -0.2) is 49.6 Å². The van der Waals surface area contributed by atoms with Gasteiger partial charge in [-0.1, -0.05) is 18.2 Å². The molecular weight excluding hydrogens is 390 g/mol. The van der Waals surface area contributed by atoms with Gasteiger partial charge < -0.3 is 26.2 Å². The van der Waals surface area contributed by atoms with E-state index in [2.05, 4.69) is 6.58 Å². The zero-order valence-electron chi connectivity index (χ0n) is 16.4. The Balaban J connectivity index is 1.90. The van der Waals surface area contributed by atoms with E-state index < -0.39 is 52.7 Å². The second-order valence-electron chi connectivity index (χ2n) is 8.50. The van der Waals surface area contributed by atoms with Crippen LogP contribution < -0.4 is 5.73 Å². The van der Waals surface area contributed by atoms with E-state index in [0.717, 1.165) is 5.56 Å². The number of benzene rings is 1. The molecule has 0 bridgehead atoms. The lowest BCUT2D eigenvalue weighted by atomic mass is 9.56. The van der Waals surface area contributed by atoms with Crippen LogP contribution in [0.5, 0.6) is 5.75 Å². The molecule has 2 saturated carbocycles. The van der Waals surface area contributed by atoms with Crippen LogP contribution in [-0.2, 0) is 20.8 Å². The lowest BCUT2D eigenvalue weighted by Crippen LogP contribution is -2.66. The number of phenolic OH excluding ortho intramolecular Hbond substituents is 1. The van der Waals surface area contributed by atoms with Crippen molar-refractivity contribution < 1.29 is 34.8 Å². The van der Waals surface area contributed by atoms with Crippen LogP contribution in [0.25, 0.3) is 11.3 Å². The number of hydrogen-bond donors (Lipinski definition) is 5. The number of fused-ring (bicyclic) bond motifs is 3. The molecule has 0 aliphatic heterocycles. The van der Waals surface area contributed by atoms with Gasteiger partial charge in [-0.3, -0.25) is 14.4 Å². The van der Waals surface area contributed by atoms with Crippen LogP contribution in [0, 0.1) is 17.8 Å². The van der Waals surface area contributed by atoms with Crippen LogP contribution in [0.15, 0.2) is 24.3 Å². The number of rotatable bonds is 2. The highest BCUT2D eigenvalue weighted by atomic mass is 16.3. The third kappa shape index (κ3) is 2.50. The maximum absolute atomic E-state index is 13.3. The van der Waals surface area contributed by atoms with Crippen molar-refractivity contribution in [3.8, 4) is 5.75 Å². The Morgan fingerprint density at radius 2 is 1.90 bits per heavy atom. The monoisotopic (exact) mass is 413 g/mol. The van der Waals surface area contributed by atoms with Crippen molar-refractivity contribution in [1.29, 1.82) is 0 Å². The smallest absolute Gasteiger partial charge is 0.230 e. The van der Waals surface area contributed by atoms with E-state index in [4.69, 9.17) is 5.73 Å². The van der Waals surface area contributed by atoms with Gasteiger partial charge >= 0.3 is 0 Å². The molecule has 1 aromatic rings. The molecule has 2 fully saturated rings. The summed E-state index contributed by atoms with van der Waals surface area (Å²) in [5.41, 5.74) is 4.66. The second-order valence-corrected chi connectivity index (χ2v) is 8.50. The van der Waals surface area contributed by atoms with E-state index in [9.17, 15) is 34.8 Å². The summed E-state index contributed by atoms with van der Waals surface area (Å²) in [5.74, 6) is -7.14. The molecule has 3 aliphatic carbocycles. The standard InChI is InChI=1S/C22H23NO7/c1-8(2)11-3-4-13(24)16-12(11)6-9-5-10-7-14(25)17(21(23)29)20(28)22(10,30)19(27)15(9)18(16)26/h3-4,9-10,14,17,24-26,30H,1,5-7H2,2H3,(H2,23,29)/t9-,10+,14?,17?,22+/m0/s1. The average molecular weight is 413 g/mol. The SMILES string of the molecule is C=C(C)c1ccc(O)c2c1C[C@@H]1C[C@@H]3CC(O)C(C(N)=O)C(=O)[C@]3(O)C(=O)C1=C2O. The van der Waals surface area contributed by atoms with Crippen molar-refractivity contribution in [2.24, 2.45) is 23.5 Å². The number of aliphatic hydroxyl groups excluding tert-OH is 2. The molecule has 0 spiro atoms. The number of allylic oxidation sites excluding steroid dienone is 1. The molecule has 8 heteroatoms. The zero-order chi connectivity index (χ0) is 22.1. The van der Waals surface area contributed by atoms with Crippen molar-refractivity contribution in [3.63, 3.8) is 0 Å².